The molecule has 0 atom stereocenters. The molecular weight excluding hydrogens is 292 g/mol. The number of hydrogen-bond donors (Lipinski definition) is 1. The number of hydrogen-bond acceptors (Lipinski definition) is 5. The van der Waals surface area contributed by atoms with Crippen LogP contribution in [0.1, 0.15) is 5.56 Å². The molecule has 0 fully saturated rings. The number of nitrogens with zero attached hydrogens (tertiary/aromatic N) is 3. The van der Waals surface area contributed by atoms with Crippen molar-refractivity contribution in [2.24, 2.45) is 7.05 Å². The largest absolute Gasteiger partial charge is 0.496 e. The summed E-state index contributed by atoms with van der Waals surface area (Å²) < 4.78 is 33.0. The summed E-state index contributed by atoms with van der Waals surface area (Å²) in [6, 6.07) is 7.26. The van der Waals surface area contributed by atoms with Gasteiger partial charge in [-0.15, -0.1) is 0 Å². The molecule has 114 valence electrons. The molecule has 0 aliphatic rings. The molecule has 2 aromatic rings. The normalized spacial score (nSPS) is 11.8. The fraction of sp³-hybridized carbons (Fsp3) is 0.308. The molecule has 0 amide bonds. The lowest BCUT2D eigenvalue weighted by Gasteiger charge is -2.19. The topological polar surface area (TPSA) is 90.4 Å². The Morgan fingerprint density at radius 2 is 2.05 bits per heavy atom. The predicted molar refractivity (Wildman–Crippen MR) is 79.3 cm³/mol. The van der Waals surface area contributed by atoms with E-state index in [0.717, 1.165) is 5.56 Å². The average Bonchev–Trinajstić information content (AvgIpc) is 2.79. The monoisotopic (exact) mass is 310 g/mol. The molecule has 0 unspecified atom stereocenters. The van der Waals surface area contributed by atoms with Gasteiger partial charge in [-0.2, -0.15) is 4.31 Å². The third-order valence-corrected chi connectivity index (χ3v) is 5.09. The molecule has 1 aromatic carbocycles. The van der Waals surface area contributed by atoms with Gasteiger partial charge in [0.05, 0.1) is 13.4 Å². The number of aryl methyl sites for hydroxylation is 1. The van der Waals surface area contributed by atoms with E-state index in [1.807, 2.05) is 18.2 Å². The van der Waals surface area contributed by atoms with Crippen LogP contribution in [0.3, 0.4) is 0 Å². The molecule has 0 aliphatic carbocycles. The summed E-state index contributed by atoms with van der Waals surface area (Å²) in [6.45, 7) is 0.178. The summed E-state index contributed by atoms with van der Waals surface area (Å²) in [5.74, 6) is 0.627. The van der Waals surface area contributed by atoms with Crippen LogP contribution in [0.15, 0.2) is 35.6 Å². The van der Waals surface area contributed by atoms with E-state index in [9.17, 15) is 8.42 Å². The van der Waals surface area contributed by atoms with E-state index in [4.69, 9.17) is 10.5 Å². The van der Waals surface area contributed by atoms with E-state index in [1.54, 1.807) is 20.2 Å². The lowest BCUT2D eigenvalue weighted by atomic mass is 10.2. The van der Waals surface area contributed by atoms with Gasteiger partial charge in [0.2, 0.25) is 0 Å². The van der Waals surface area contributed by atoms with E-state index < -0.39 is 10.0 Å². The van der Waals surface area contributed by atoms with Gasteiger partial charge in [-0.05, 0) is 6.07 Å². The Kier molecular flexibility index (Phi) is 4.19. The average molecular weight is 310 g/mol. The van der Waals surface area contributed by atoms with Crippen molar-refractivity contribution in [3.05, 3.63) is 36.2 Å². The Hall–Kier alpha value is -2.06. The van der Waals surface area contributed by atoms with Gasteiger partial charge in [-0.25, -0.2) is 13.4 Å². The van der Waals surface area contributed by atoms with Gasteiger partial charge < -0.3 is 15.0 Å². The van der Waals surface area contributed by atoms with Gasteiger partial charge in [-0.3, -0.25) is 0 Å². The first-order valence-electron chi connectivity index (χ1n) is 6.23. The molecular formula is C13H18N4O3S. The SMILES string of the molecule is COc1ccccc1CN(C)S(=O)(=O)c1c(N)ncn1C. The fourth-order valence-electron chi connectivity index (χ4n) is 2.06. The van der Waals surface area contributed by atoms with E-state index >= 15 is 0 Å². The molecule has 21 heavy (non-hydrogen) atoms. The second-order valence-corrected chi connectivity index (χ2v) is 6.58. The molecule has 2 rings (SSSR count). The van der Waals surface area contributed by atoms with Gasteiger partial charge >= 0.3 is 0 Å². The Morgan fingerprint density at radius 1 is 1.38 bits per heavy atom. The van der Waals surface area contributed by atoms with E-state index in [2.05, 4.69) is 4.98 Å². The first-order valence-corrected chi connectivity index (χ1v) is 7.67. The van der Waals surface area contributed by atoms with Crippen molar-refractivity contribution in [1.29, 1.82) is 0 Å². The molecule has 0 saturated carbocycles. The molecule has 1 heterocycles. The van der Waals surface area contributed by atoms with Crippen LogP contribution in [0, 0.1) is 0 Å². The molecule has 0 bridgehead atoms. The smallest absolute Gasteiger partial charge is 0.262 e. The standard InChI is InChI=1S/C13H18N4O3S/c1-16-9-15-12(14)13(16)21(18,19)17(2)8-10-6-4-5-7-11(10)20-3/h4-7,9H,8,14H2,1-3H3. The minimum atomic E-state index is -3.73. The molecule has 7 nitrogen and oxygen atoms in total. The lowest BCUT2D eigenvalue weighted by molar-refractivity contribution is 0.397. The van der Waals surface area contributed by atoms with Gasteiger partial charge in [0.25, 0.3) is 10.0 Å². The van der Waals surface area contributed by atoms with Gasteiger partial charge in [0.15, 0.2) is 10.8 Å². The Bertz CT molecular complexity index is 720. The zero-order valence-electron chi connectivity index (χ0n) is 12.1. The zero-order chi connectivity index (χ0) is 15.6. The van der Waals surface area contributed by atoms with Crippen LogP contribution >= 0.6 is 0 Å². The quantitative estimate of drug-likeness (QED) is 0.883. The molecule has 0 saturated heterocycles. The number of rotatable bonds is 5. The van der Waals surface area contributed by atoms with E-state index in [-0.39, 0.29) is 17.4 Å². The van der Waals surface area contributed by atoms with Gasteiger partial charge in [0, 0.05) is 26.2 Å². The molecule has 2 N–H and O–H groups in total. The van der Waals surface area contributed by atoms with Crippen LogP contribution in [0.25, 0.3) is 0 Å². The van der Waals surface area contributed by atoms with Crippen LogP contribution in [-0.2, 0) is 23.6 Å². The highest BCUT2D eigenvalue weighted by Gasteiger charge is 2.27. The molecule has 0 spiro atoms. The first-order chi connectivity index (χ1) is 9.87. The summed E-state index contributed by atoms with van der Waals surface area (Å²) in [5, 5.41) is -0.0140. The number of para-hydroxylation sites is 1. The van der Waals surface area contributed by atoms with Crippen LogP contribution < -0.4 is 10.5 Å². The van der Waals surface area contributed by atoms with Crippen molar-refractivity contribution in [3.8, 4) is 5.75 Å². The summed E-state index contributed by atoms with van der Waals surface area (Å²) in [6.07, 6.45) is 1.37. The van der Waals surface area contributed by atoms with Crippen molar-refractivity contribution in [3.63, 3.8) is 0 Å². The number of sulfonamides is 1. The Labute approximate surface area is 124 Å². The van der Waals surface area contributed by atoms with E-state index in [1.165, 1.54) is 22.2 Å². The fourth-order valence-corrected chi connectivity index (χ4v) is 3.39. The van der Waals surface area contributed by atoms with Crippen LogP contribution in [0.5, 0.6) is 5.75 Å². The molecule has 1 aromatic heterocycles. The molecule has 0 radical (unpaired) electrons. The maximum atomic E-state index is 12.6. The highest BCUT2D eigenvalue weighted by Crippen LogP contribution is 2.24. The zero-order valence-corrected chi connectivity index (χ0v) is 13.0. The highest BCUT2D eigenvalue weighted by atomic mass is 32.2. The number of nitrogen functional groups attached to an aromatic ring is 1. The number of benzene rings is 1. The third kappa shape index (κ3) is 2.86. The van der Waals surface area contributed by atoms with Crippen LogP contribution in [0.2, 0.25) is 0 Å². The second kappa shape index (κ2) is 5.74. The number of methoxy groups -OCH3 is 1. The van der Waals surface area contributed by atoms with Gasteiger partial charge in [0.1, 0.15) is 5.75 Å². The summed E-state index contributed by atoms with van der Waals surface area (Å²) in [5.41, 5.74) is 6.42. The highest BCUT2D eigenvalue weighted by molar-refractivity contribution is 7.89. The number of imidazole rings is 1. The van der Waals surface area contributed by atoms with Crippen LogP contribution in [0.4, 0.5) is 5.82 Å². The van der Waals surface area contributed by atoms with Crippen molar-refractivity contribution >= 4 is 15.8 Å². The van der Waals surface area contributed by atoms with Crippen molar-refractivity contribution in [1.82, 2.24) is 13.9 Å². The molecule has 8 heteroatoms. The van der Waals surface area contributed by atoms with Crippen molar-refractivity contribution < 1.29 is 13.2 Å². The minimum absolute atomic E-state index is 0.00984. The number of nitrogens with two attached hydrogens (primary N) is 1. The third-order valence-electron chi connectivity index (χ3n) is 3.15. The van der Waals surface area contributed by atoms with Gasteiger partial charge in [-0.1, -0.05) is 18.2 Å². The summed E-state index contributed by atoms with van der Waals surface area (Å²) >= 11 is 0. The van der Waals surface area contributed by atoms with Crippen molar-refractivity contribution in [2.75, 3.05) is 19.9 Å². The first kappa shape index (κ1) is 15.3. The summed E-state index contributed by atoms with van der Waals surface area (Å²) in [4.78, 5) is 3.82. The number of ether oxygens (including phenoxy) is 1. The number of anilines is 1. The Morgan fingerprint density at radius 3 is 2.62 bits per heavy atom. The number of aromatic nitrogens is 2. The second-order valence-electron chi connectivity index (χ2n) is 4.62. The van der Waals surface area contributed by atoms with Crippen LogP contribution in [-0.4, -0.2) is 36.4 Å². The molecule has 0 aliphatic heterocycles. The summed E-state index contributed by atoms with van der Waals surface area (Å²) in [7, 11) is 0.906. The minimum Gasteiger partial charge on any atom is -0.496 e. The lowest BCUT2D eigenvalue weighted by Crippen LogP contribution is -2.28. The van der Waals surface area contributed by atoms with E-state index in [0.29, 0.717) is 5.75 Å². The maximum absolute atomic E-state index is 12.6. The van der Waals surface area contributed by atoms with Crippen molar-refractivity contribution in [2.45, 2.75) is 11.6 Å². The maximum Gasteiger partial charge on any atom is 0.262 e. The predicted octanol–water partition coefficient (Wildman–Crippen LogP) is 0.832. The Balaban J connectivity index is 2.34.